The number of amides is 4. The first kappa shape index (κ1) is 44.6. The van der Waals surface area contributed by atoms with Gasteiger partial charge >= 0.3 is 6.09 Å². The fourth-order valence-corrected chi connectivity index (χ4v) is 9.94. The van der Waals surface area contributed by atoms with Gasteiger partial charge in [0, 0.05) is 18.4 Å². The van der Waals surface area contributed by atoms with Crippen LogP contribution >= 0.6 is 0 Å². The Morgan fingerprint density at radius 3 is 2.41 bits per heavy atom. The maximum Gasteiger partial charge on any atom is 0.408 e. The summed E-state index contributed by atoms with van der Waals surface area (Å²) in [4.78, 5) is 66.7. The molecule has 2 bridgehead atoms. The molecule has 7 rings (SSSR count). The van der Waals surface area contributed by atoms with Crippen molar-refractivity contribution in [2.45, 2.75) is 146 Å². The molecule has 2 aliphatic heterocycles. The molecular formula is C41H54F4N6O9S. The van der Waals surface area contributed by atoms with Gasteiger partial charge in [-0.25, -0.2) is 32.0 Å². The quantitative estimate of drug-likeness (QED) is 0.275. The average Bonchev–Trinajstić information content (AvgIpc) is 4.13. The molecule has 0 spiro atoms. The fraction of sp³-hybridized carbons (Fsp3) is 0.707. The zero-order chi connectivity index (χ0) is 44.4. The van der Waals surface area contributed by atoms with Crippen molar-refractivity contribution in [1.82, 2.24) is 30.2 Å². The van der Waals surface area contributed by atoms with Crippen molar-refractivity contribution >= 4 is 44.9 Å². The van der Waals surface area contributed by atoms with Gasteiger partial charge < -0.3 is 29.7 Å². The molecule has 3 heterocycles. The van der Waals surface area contributed by atoms with Crippen LogP contribution in [0, 0.1) is 23.2 Å². The number of hydrogen-bond donors (Lipinski definition) is 3. The molecule has 2 aromatic rings. The van der Waals surface area contributed by atoms with Crippen molar-refractivity contribution in [3.05, 3.63) is 23.9 Å². The molecule has 1 aromatic heterocycles. The number of halogens is 4. The fourth-order valence-electron chi connectivity index (χ4n) is 8.62. The Morgan fingerprint density at radius 2 is 1.79 bits per heavy atom. The summed E-state index contributed by atoms with van der Waals surface area (Å²) in [6.45, 7) is 7.78. The summed E-state index contributed by atoms with van der Waals surface area (Å²) in [6, 6.07) is 1.61. The van der Waals surface area contributed by atoms with Gasteiger partial charge in [0.05, 0.1) is 35.4 Å². The zero-order valence-corrected chi connectivity index (χ0v) is 35.9. The van der Waals surface area contributed by atoms with Crippen LogP contribution in [0.4, 0.5) is 22.4 Å². The third kappa shape index (κ3) is 8.78. The number of ether oxygens (including phenoxy) is 3. The van der Waals surface area contributed by atoms with Gasteiger partial charge in [-0.15, -0.1) is 0 Å². The number of methoxy groups -OCH3 is 1. The van der Waals surface area contributed by atoms with Crippen molar-refractivity contribution in [1.29, 1.82) is 0 Å². The standard InChI is InChI=1S/C41H54F4N6O9S/c1-7-10-23-28-20-51(29(23)33(52)49-40(19-24(40)32(42)43)36(54)50-61(56,57)39(5)15-16-39)35(53)31(38(2,3)4)48-37(55)60-27-17-21(27)11-8-9-14-41(44,45)30-34(59-28)47-26-18-22(58-6)12-13-25(26)46-30/h12-13,18,21,23-24,27-29,31-32H,7-11,14-17,19-20H2,1-6H3,(H,48,55)(H,49,52)(H,50,54)/t21?,23-,24+,27-,28+,29+,31-,40-/m1/s1. The molecule has 15 nitrogen and oxygen atoms in total. The highest BCUT2D eigenvalue weighted by Crippen LogP contribution is 2.50. The lowest BCUT2D eigenvalue weighted by Gasteiger charge is -2.36. The minimum atomic E-state index is -4.32. The molecule has 1 unspecified atom stereocenters. The van der Waals surface area contributed by atoms with Crippen LogP contribution in [0.2, 0.25) is 0 Å². The first-order chi connectivity index (χ1) is 28.5. The lowest BCUT2D eigenvalue weighted by Crippen LogP contribution is -2.61. The Morgan fingerprint density at radius 1 is 1.07 bits per heavy atom. The summed E-state index contributed by atoms with van der Waals surface area (Å²) >= 11 is 0. The molecule has 5 aliphatic rings. The monoisotopic (exact) mass is 882 g/mol. The number of sulfonamides is 1. The van der Waals surface area contributed by atoms with E-state index in [4.69, 9.17) is 14.2 Å². The number of alkyl halides is 4. The van der Waals surface area contributed by atoms with Gasteiger partial charge in [-0.05, 0) is 75.3 Å². The SMILES string of the molecule is CCC[C@@H]1[C@@H]2CN(C(=O)[C@H](C(C)(C)C)NC(=O)O[C@@H]3CC3CCCCC(F)(F)c3nc4ccc(OC)cc4nc3O2)[C@@H]1C(=O)N[C@]1(C(=O)NS(=O)(=O)C2(C)CC2)C[C@H]1C(F)F. The number of aromatic nitrogens is 2. The number of rotatable bonds is 9. The molecule has 336 valence electrons. The first-order valence-corrected chi connectivity index (χ1v) is 22.4. The van der Waals surface area contributed by atoms with Crippen molar-refractivity contribution in [2.75, 3.05) is 13.7 Å². The Hall–Kier alpha value is -4.49. The number of carbonyl (C=O) groups is 4. The minimum absolute atomic E-state index is 0.0651. The summed E-state index contributed by atoms with van der Waals surface area (Å²) in [6.07, 6.45) is -4.47. The van der Waals surface area contributed by atoms with Gasteiger partial charge in [-0.2, -0.15) is 8.78 Å². The van der Waals surface area contributed by atoms with Crippen molar-refractivity contribution in [2.24, 2.45) is 23.2 Å². The van der Waals surface area contributed by atoms with E-state index >= 15 is 8.78 Å². The Balaban J connectivity index is 1.32. The summed E-state index contributed by atoms with van der Waals surface area (Å²) < 4.78 is 106. The predicted octanol–water partition coefficient (Wildman–Crippen LogP) is 5.35. The van der Waals surface area contributed by atoms with Gasteiger partial charge in [0.15, 0.2) is 5.69 Å². The van der Waals surface area contributed by atoms with Crippen molar-refractivity contribution < 1.29 is 59.4 Å². The molecule has 0 radical (unpaired) electrons. The molecule has 20 heteroatoms. The Kier molecular flexibility index (Phi) is 11.7. The minimum Gasteiger partial charge on any atom is -0.497 e. The van der Waals surface area contributed by atoms with E-state index in [0.29, 0.717) is 31.4 Å². The van der Waals surface area contributed by atoms with Crippen LogP contribution in [0.15, 0.2) is 18.2 Å². The molecular weight excluding hydrogens is 829 g/mol. The largest absolute Gasteiger partial charge is 0.497 e. The molecule has 3 N–H and O–H groups in total. The van der Waals surface area contributed by atoms with Crippen LogP contribution in [0.3, 0.4) is 0 Å². The van der Waals surface area contributed by atoms with E-state index in [1.165, 1.54) is 26.2 Å². The lowest BCUT2D eigenvalue weighted by molar-refractivity contribution is -0.144. The second-order valence-electron chi connectivity index (χ2n) is 18.6. The van der Waals surface area contributed by atoms with Crippen LogP contribution in [0.25, 0.3) is 11.0 Å². The number of nitrogens with one attached hydrogen (secondary N) is 3. The zero-order valence-electron chi connectivity index (χ0n) is 35.1. The topological polar surface area (TPSA) is 195 Å². The maximum atomic E-state index is 16.4. The molecule has 61 heavy (non-hydrogen) atoms. The van der Waals surface area contributed by atoms with E-state index in [2.05, 4.69) is 20.6 Å². The molecule has 1 aromatic carbocycles. The highest BCUT2D eigenvalue weighted by atomic mass is 32.2. The third-order valence-electron chi connectivity index (χ3n) is 12.9. The normalized spacial score (nSPS) is 31.0. The number of fused-ring (bicyclic) bond motifs is 5. The second kappa shape index (κ2) is 16.0. The van der Waals surface area contributed by atoms with Gasteiger partial charge in [-0.1, -0.05) is 40.5 Å². The number of carbonyl (C=O) groups excluding carboxylic acids is 4. The molecule has 3 aliphatic carbocycles. The lowest BCUT2D eigenvalue weighted by atomic mass is 9.85. The van der Waals surface area contributed by atoms with Gasteiger partial charge in [0.1, 0.15) is 35.6 Å². The smallest absolute Gasteiger partial charge is 0.408 e. The van der Waals surface area contributed by atoms with Crippen molar-refractivity contribution in [3.8, 4) is 11.6 Å². The van der Waals surface area contributed by atoms with Crippen LogP contribution in [-0.4, -0.2) is 102 Å². The van der Waals surface area contributed by atoms with Crippen LogP contribution in [0.1, 0.15) is 105 Å². The highest BCUT2D eigenvalue weighted by Gasteiger charge is 2.68. The third-order valence-corrected chi connectivity index (χ3v) is 15.1. The predicted molar refractivity (Wildman–Crippen MR) is 211 cm³/mol. The molecule has 1 saturated heterocycles. The summed E-state index contributed by atoms with van der Waals surface area (Å²) in [5.41, 5.74) is -3.82. The van der Waals surface area contributed by atoms with Gasteiger partial charge in [-0.3, -0.25) is 19.1 Å². The van der Waals surface area contributed by atoms with E-state index in [0.717, 1.165) is 4.90 Å². The van der Waals surface area contributed by atoms with E-state index in [1.54, 1.807) is 33.8 Å². The van der Waals surface area contributed by atoms with Crippen LogP contribution in [-0.2, 0) is 35.1 Å². The summed E-state index contributed by atoms with van der Waals surface area (Å²) in [7, 11) is -2.89. The Bertz CT molecular complexity index is 2190. The molecule has 4 fully saturated rings. The van der Waals surface area contributed by atoms with Crippen LogP contribution in [0.5, 0.6) is 11.6 Å². The molecule has 3 saturated carbocycles. The van der Waals surface area contributed by atoms with Crippen LogP contribution < -0.4 is 24.8 Å². The molecule has 4 amide bonds. The number of hydrogen-bond acceptors (Lipinski definition) is 11. The maximum absolute atomic E-state index is 16.4. The van der Waals surface area contributed by atoms with E-state index in [-0.39, 0.29) is 42.6 Å². The Labute approximate surface area is 351 Å². The van der Waals surface area contributed by atoms with E-state index in [1.807, 2.05) is 4.72 Å². The van der Waals surface area contributed by atoms with Crippen molar-refractivity contribution in [3.63, 3.8) is 0 Å². The summed E-state index contributed by atoms with van der Waals surface area (Å²) in [5.74, 6) is -9.80. The number of alkyl carbamates (subject to hydrolysis) is 1. The number of benzene rings is 1. The van der Waals surface area contributed by atoms with Gasteiger partial charge in [0.25, 0.3) is 11.8 Å². The second-order valence-corrected chi connectivity index (χ2v) is 20.8. The first-order valence-electron chi connectivity index (χ1n) is 20.9. The van der Waals surface area contributed by atoms with Gasteiger partial charge in [0.2, 0.25) is 34.1 Å². The highest BCUT2D eigenvalue weighted by molar-refractivity contribution is 7.91. The van der Waals surface area contributed by atoms with E-state index < -0.39 is 129 Å². The van der Waals surface area contributed by atoms with E-state index in [9.17, 15) is 36.4 Å². The summed E-state index contributed by atoms with van der Waals surface area (Å²) in [5, 5.41) is 5.10. The average molecular weight is 883 g/mol. The number of nitrogens with zero attached hydrogens (tertiary/aromatic N) is 3. The molecule has 8 atom stereocenters.